The number of sulfonamides is 1. The van der Waals surface area contributed by atoms with Gasteiger partial charge in [-0.15, -0.1) is 0 Å². The Hall–Kier alpha value is -3.65. The van der Waals surface area contributed by atoms with Crippen molar-refractivity contribution in [2.75, 3.05) is 10.8 Å². The quantitative estimate of drug-likeness (QED) is 0.365. The van der Waals surface area contributed by atoms with Crippen LogP contribution in [-0.2, 0) is 26.2 Å². The van der Waals surface area contributed by atoms with E-state index in [1.165, 1.54) is 4.90 Å². The van der Waals surface area contributed by atoms with E-state index in [-0.39, 0.29) is 23.4 Å². The number of nitrogens with zero attached hydrogens (tertiary/aromatic N) is 2. The largest absolute Gasteiger partial charge is 0.352 e. The molecule has 1 aliphatic carbocycles. The number of amides is 2. The zero-order valence-electron chi connectivity index (χ0n) is 23.8. The molecule has 212 valence electrons. The van der Waals surface area contributed by atoms with E-state index in [4.69, 9.17) is 0 Å². The number of carbonyl (C=O) groups excluding carboxylic acids is 2. The molecule has 7 nitrogen and oxygen atoms in total. The minimum absolute atomic E-state index is 0.101. The fourth-order valence-corrected chi connectivity index (χ4v) is 6.36. The Labute approximate surface area is 238 Å². The smallest absolute Gasteiger partial charge is 0.264 e. The number of nitrogens with one attached hydrogen (secondary N) is 1. The highest BCUT2D eigenvalue weighted by Gasteiger charge is 2.33. The average molecular weight is 562 g/mol. The number of benzene rings is 3. The van der Waals surface area contributed by atoms with E-state index in [2.05, 4.69) is 5.32 Å². The van der Waals surface area contributed by atoms with Crippen molar-refractivity contribution in [2.24, 2.45) is 0 Å². The van der Waals surface area contributed by atoms with Crippen LogP contribution in [0.1, 0.15) is 54.9 Å². The summed E-state index contributed by atoms with van der Waals surface area (Å²) in [6.45, 7) is 7.25. The molecule has 2 amide bonds. The minimum atomic E-state index is -4.07. The lowest BCUT2D eigenvalue weighted by Crippen LogP contribution is -2.52. The maximum atomic E-state index is 14.0. The third-order valence-electron chi connectivity index (χ3n) is 7.55. The molecule has 1 fully saturated rings. The summed E-state index contributed by atoms with van der Waals surface area (Å²) in [6.07, 6.45) is 4.02. The Balaban J connectivity index is 1.67. The first-order chi connectivity index (χ1) is 19.0. The molecule has 0 radical (unpaired) electrons. The number of hydrogen-bond donors (Lipinski definition) is 1. The number of rotatable bonds is 10. The van der Waals surface area contributed by atoms with Crippen LogP contribution < -0.4 is 9.62 Å². The van der Waals surface area contributed by atoms with Crippen molar-refractivity contribution in [3.63, 3.8) is 0 Å². The van der Waals surface area contributed by atoms with E-state index in [0.29, 0.717) is 5.69 Å². The molecule has 0 aliphatic heterocycles. The Morgan fingerprint density at radius 3 is 1.88 bits per heavy atom. The van der Waals surface area contributed by atoms with Crippen LogP contribution in [0.3, 0.4) is 0 Å². The average Bonchev–Trinajstić information content (AvgIpc) is 3.44. The molecular formula is C32H39N3O4S. The summed E-state index contributed by atoms with van der Waals surface area (Å²) >= 11 is 0. The van der Waals surface area contributed by atoms with E-state index in [9.17, 15) is 18.0 Å². The lowest BCUT2D eigenvalue weighted by Gasteiger charge is -2.32. The molecule has 0 aromatic heterocycles. The predicted octanol–water partition coefficient (Wildman–Crippen LogP) is 5.28. The van der Waals surface area contributed by atoms with Crippen LogP contribution >= 0.6 is 0 Å². The van der Waals surface area contributed by atoms with Crippen molar-refractivity contribution in [3.05, 3.63) is 95.1 Å². The zero-order chi connectivity index (χ0) is 28.9. The van der Waals surface area contributed by atoms with Crippen molar-refractivity contribution >= 4 is 27.5 Å². The number of hydrogen-bond acceptors (Lipinski definition) is 4. The van der Waals surface area contributed by atoms with Crippen LogP contribution in [0.15, 0.2) is 77.7 Å². The standard InChI is InChI=1S/C32H39N3O4S/c1-23-9-15-27(16-10-23)21-34(26(4)32(37)33-28-7-5-6-8-28)31(36)22-35(29-17-11-24(2)12-18-29)40(38,39)30-19-13-25(3)14-20-30/h9-20,26,28H,5-8,21-22H2,1-4H3,(H,33,37)/t26-/m1/s1. The molecule has 1 saturated carbocycles. The van der Waals surface area contributed by atoms with Gasteiger partial charge in [0.2, 0.25) is 11.8 Å². The van der Waals surface area contributed by atoms with Gasteiger partial charge in [-0.05, 0) is 70.4 Å². The highest BCUT2D eigenvalue weighted by molar-refractivity contribution is 7.92. The summed E-state index contributed by atoms with van der Waals surface area (Å²) in [5.74, 6) is -0.679. The van der Waals surface area contributed by atoms with Crippen molar-refractivity contribution in [2.45, 2.75) is 76.9 Å². The van der Waals surface area contributed by atoms with Crippen molar-refractivity contribution in [3.8, 4) is 0 Å². The Bertz CT molecular complexity index is 1410. The topological polar surface area (TPSA) is 86.8 Å². The van der Waals surface area contributed by atoms with Crippen LogP contribution in [-0.4, -0.2) is 43.8 Å². The summed E-state index contributed by atoms with van der Waals surface area (Å²) in [4.78, 5) is 28.9. The predicted molar refractivity (Wildman–Crippen MR) is 158 cm³/mol. The summed E-state index contributed by atoms with van der Waals surface area (Å²) in [7, 11) is -4.07. The van der Waals surface area contributed by atoms with Gasteiger partial charge in [0.1, 0.15) is 12.6 Å². The van der Waals surface area contributed by atoms with Crippen LogP contribution in [0.25, 0.3) is 0 Å². The Morgan fingerprint density at radius 2 is 1.32 bits per heavy atom. The fraction of sp³-hybridized carbons (Fsp3) is 0.375. The monoisotopic (exact) mass is 561 g/mol. The van der Waals surface area contributed by atoms with Crippen LogP contribution in [0.5, 0.6) is 0 Å². The number of carbonyl (C=O) groups is 2. The second kappa shape index (κ2) is 12.7. The summed E-state index contributed by atoms with van der Waals surface area (Å²) < 4.78 is 28.9. The first-order valence-corrected chi connectivity index (χ1v) is 15.3. The highest BCUT2D eigenvalue weighted by atomic mass is 32.2. The molecule has 40 heavy (non-hydrogen) atoms. The molecular weight excluding hydrogens is 522 g/mol. The maximum absolute atomic E-state index is 14.0. The third-order valence-corrected chi connectivity index (χ3v) is 9.34. The molecule has 8 heteroatoms. The number of aryl methyl sites for hydroxylation is 3. The van der Waals surface area contributed by atoms with Crippen LogP contribution in [0, 0.1) is 20.8 Å². The van der Waals surface area contributed by atoms with Crippen LogP contribution in [0.4, 0.5) is 5.69 Å². The van der Waals surface area contributed by atoms with Crippen molar-refractivity contribution in [1.82, 2.24) is 10.2 Å². The molecule has 1 N–H and O–H groups in total. The molecule has 3 aromatic rings. The Kier molecular flexibility index (Phi) is 9.30. The van der Waals surface area contributed by atoms with Gasteiger partial charge >= 0.3 is 0 Å². The maximum Gasteiger partial charge on any atom is 0.264 e. The van der Waals surface area contributed by atoms with Gasteiger partial charge in [0.15, 0.2) is 0 Å². The summed E-state index contributed by atoms with van der Waals surface area (Å²) in [5.41, 5.74) is 4.24. The molecule has 0 bridgehead atoms. The van der Waals surface area contributed by atoms with Crippen molar-refractivity contribution < 1.29 is 18.0 Å². The van der Waals surface area contributed by atoms with Crippen molar-refractivity contribution in [1.29, 1.82) is 0 Å². The van der Waals surface area contributed by atoms with Gasteiger partial charge in [-0.2, -0.15) is 0 Å². The minimum Gasteiger partial charge on any atom is -0.352 e. The first-order valence-electron chi connectivity index (χ1n) is 13.9. The fourth-order valence-electron chi connectivity index (χ4n) is 4.94. The molecule has 0 spiro atoms. The third kappa shape index (κ3) is 7.10. The van der Waals surface area contributed by atoms with Gasteiger partial charge in [-0.25, -0.2) is 8.42 Å². The van der Waals surface area contributed by atoms with Gasteiger partial charge in [-0.1, -0.05) is 78.1 Å². The second-order valence-corrected chi connectivity index (χ2v) is 12.7. The highest BCUT2D eigenvalue weighted by Crippen LogP contribution is 2.25. The summed E-state index contributed by atoms with van der Waals surface area (Å²) in [5, 5.41) is 3.10. The van der Waals surface area contributed by atoms with E-state index < -0.39 is 28.5 Å². The van der Waals surface area contributed by atoms with E-state index in [1.54, 1.807) is 43.3 Å². The Morgan fingerprint density at radius 1 is 0.825 bits per heavy atom. The van der Waals surface area contributed by atoms with E-state index in [1.807, 2.05) is 57.2 Å². The molecule has 0 unspecified atom stereocenters. The van der Waals surface area contributed by atoms with Gasteiger partial charge in [-0.3, -0.25) is 13.9 Å². The van der Waals surface area contributed by atoms with Gasteiger partial charge in [0.05, 0.1) is 10.6 Å². The lowest BCUT2D eigenvalue weighted by molar-refractivity contribution is -0.139. The molecule has 0 heterocycles. The second-order valence-electron chi connectivity index (χ2n) is 10.8. The lowest BCUT2D eigenvalue weighted by atomic mass is 10.1. The molecule has 0 saturated heterocycles. The van der Waals surface area contributed by atoms with Gasteiger partial charge < -0.3 is 10.2 Å². The SMILES string of the molecule is Cc1ccc(CN(C(=O)CN(c2ccc(C)cc2)S(=O)(=O)c2ccc(C)cc2)[C@H](C)C(=O)NC2CCCC2)cc1. The van der Waals surface area contributed by atoms with Crippen LogP contribution in [0.2, 0.25) is 0 Å². The van der Waals surface area contributed by atoms with Gasteiger partial charge in [0.25, 0.3) is 10.0 Å². The van der Waals surface area contributed by atoms with E-state index in [0.717, 1.165) is 52.2 Å². The number of anilines is 1. The molecule has 1 aliphatic rings. The van der Waals surface area contributed by atoms with Gasteiger partial charge in [0, 0.05) is 12.6 Å². The summed E-state index contributed by atoms with van der Waals surface area (Å²) in [6, 6.07) is 20.7. The molecule has 1 atom stereocenters. The molecule has 4 rings (SSSR count). The normalized spacial score (nSPS) is 14.5. The molecule has 3 aromatic carbocycles. The first kappa shape index (κ1) is 29.3. The van der Waals surface area contributed by atoms with E-state index >= 15 is 0 Å². The zero-order valence-corrected chi connectivity index (χ0v) is 24.6.